The highest BCUT2D eigenvalue weighted by molar-refractivity contribution is 8.00. The number of halogens is 3. The van der Waals surface area contributed by atoms with Gasteiger partial charge in [0.05, 0.1) is 15.8 Å². The minimum Gasteiger partial charge on any atom is -0.229 e. The van der Waals surface area contributed by atoms with Crippen LogP contribution in [0.3, 0.4) is 0 Å². The second-order valence-electron chi connectivity index (χ2n) is 2.83. The Balaban J connectivity index is 2.70. The third kappa shape index (κ3) is 1.96. The molecule has 15 heavy (non-hydrogen) atoms. The number of aromatic nitrogens is 1. The lowest BCUT2D eigenvalue weighted by atomic mass is 10.2. The van der Waals surface area contributed by atoms with Gasteiger partial charge in [0.1, 0.15) is 0 Å². The van der Waals surface area contributed by atoms with E-state index in [-0.39, 0.29) is 5.52 Å². The van der Waals surface area contributed by atoms with Crippen molar-refractivity contribution in [3.05, 3.63) is 23.8 Å². The molecule has 2 rings (SSSR count). The van der Waals surface area contributed by atoms with Gasteiger partial charge in [-0.25, -0.2) is 4.98 Å². The Morgan fingerprint density at radius 3 is 2.67 bits per heavy atom. The zero-order chi connectivity index (χ0) is 11.1. The maximum Gasteiger partial charge on any atom is 0.418 e. The van der Waals surface area contributed by atoms with Crippen LogP contribution in [-0.4, -0.2) is 11.2 Å². The number of thiazole rings is 1. The van der Waals surface area contributed by atoms with Gasteiger partial charge in [0.2, 0.25) is 0 Å². The van der Waals surface area contributed by atoms with Crippen molar-refractivity contribution in [3.8, 4) is 0 Å². The molecule has 0 radical (unpaired) electrons. The lowest BCUT2D eigenvalue weighted by Gasteiger charge is -2.05. The molecular weight excluding hydrogens is 243 g/mol. The normalized spacial score (nSPS) is 12.3. The minimum absolute atomic E-state index is 0.0550. The summed E-state index contributed by atoms with van der Waals surface area (Å²) in [5.41, 5.74) is -0.601. The summed E-state index contributed by atoms with van der Waals surface area (Å²) in [5, 5.41) is 0. The molecule has 0 bridgehead atoms. The van der Waals surface area contributed by atoms with E-state index >= 15 is 0 Å². The van der Waals surface area contributed by atoms with Gasteiger partial charge in [-0.1, -0.05) is 17.8 Å². The summed E-state index contributed by atoms with van der Waals surface area (Å²) in [6, 6.07) is 4.13. The Kier molecular flexibility index (Phi) is 2.64. The van der Waals surface area contributed by atoms with E-state index < -0.39 is 11.7 Å². The number of hydrogen-bond donors (Lipinski definition) is 0. The summed E-state index contributed by atoms with van der Waals surface area (Å²) in [7, 11) is 0. The molecule has 0 atom stereocenters. The molecule has 0 saturated carbocycles. The maximum absolute atomic E-state index is 12.6. The number of rotatable bonds is 1. The number of thioether (sulfide) groups is 1. The summed E-state index contributed by atoms with van der Waals surface area (Å²) in [5.74, 6) is 0. The Hall–Kier alpha value is -0.750. The molecule has 0 spiro atoms. The molecule has 6 heteroatoms. The van der Waals surface area contributed by atoms with Crippen LogP contribution in [0.25, 0.3) is 10.2 Å². The van der Waals surface area contributed by atoms with E-state index in [2.05, 4.69) is 4.98 Å². The van der Waals surface area contributed by atoms with Gasteiger partial charge in [-0.05, 0) is 18.4 Å². The molecule has 0 amide bonds. The van der Waals surface area contributed by atoms with Crippen LogP contribution in [0.2, 0.25) is 0 Å². The first-order chi connectivity index (χ1) is 7.02. The highest BCUT2D eigenvalue weighted by Crippen LogP contribution is 2.37. The SMILES string of the molecule is CSc1nc2c(C(F)(F)F)cccc2s1. The van der Waals surface area contributed by atoms with Gasteiger partial charge in [-0.3, -0.25) is 0 Å². The summed E-state index contributed by atoms with van der Waals surface area (Å²) in [6.45, 7) is 0. The summed E-state index contributed by atoms with van der Waals surface area (Å²) < 4.78 is 39.0. The van der Waals surface area contributed by atoms with Crippen molar-refractivity contribution in [1.82, 2.24) is 4.98 Å². The first-order valence-corrected chi connectivity index (χ1v) is 6.07. The number of para-hydroxylation sites is 1. The Labute approximate surface area is 92.3 Å². The van der Waals surface area contributed by atoms with Crippen LogP contribution in [0, 0.1) is 0 Å². The third-order valence-corrected chi connectivity index (χ3v) is 3.89. The second-order valence-corrected chi connectivity index (χ2v) is 4.92. The lowest BCUT2D eigenvalue weighted by Crippen LogP contribution is -2.05. The van der Waals surface area contributed by atoms with Crippen molar-refractivity contribution >= 4 is 33.3 Å². The van der Waals surface area contributed by atoms with E-state index in [9.17, 15) is 13.2 Å². The monoisotopic (exact) mass is 249 g/mol. The summed E-state index contributed by atoms with van der Waals surface area (Å²) in [4.78, 5) is 3.96. The topological polar surface area (TPSA) is 12.9 Å². The fourth-order valence-electron chi connectivity index (χ4n) is 1.24. The smallest absolute Gasteiger partial charge is 0.229 e. The minimum atomic E-state index is -4.33. The second kappa shape index (κ2) is 3.68. The molecular formula is C9H6F3NS2. The molecule has 1 aromatic heterocycles. The van der Waals surface area contributed by atoms with Crippen LogP contribution >= 0.6 is 23.1 Å². The molecule has 0 unspecified atom stereocenters. The van der Waals surface area contributed by atoms with Crippen LogP contribution in [0.15, 0.2) is 22.5 Å². The zero-order valence-corrected chi connectivity index (χ0v) is 9.26. The van der Waals surface area contributed by atoms with Gasteiger partial charge < -0.3 is 0 Å². The van der Waals surface area contributed by atoms with E-state index in [4.69, 9.17) is 0 Å². The van der Waals surface area contributed by atoms with Crippen LogP contribution in [0.5, 0.6) is 0 Å². The van der Waals surface area contributed by atoms with E-state index in [1.54, 1.807) is 12.3 Å². The molecule has 0 N–H and O–H groups in total. The fraction of sp³-hybridized carbons (Fsp3) is 0.222. The summed E-state index contributed by atoms with van der Waals surface area (Å²) >= 11 is 2.63. The van der Waals surface area contributed by atoms with Gasteiger partial charge in [-0.15, -0.1) is 11.3 Å². The number of nitrogens with zero attached hydrogens (tertiary/aromatic N) is 1. The quantitative estimate of drug-likeness (QED) is 0.707. The first-order valence-electron chi connectivity index (χ1n) is 4.03. The Bertz CT molecular complexity index is 490. The van der Waals surface area contributed by atoms with E-state index in [1.165, 1.54) is 29.2 Å². The average Bonchev–Trinajstić information content (AvgIpc) is 2.57. The van der Waals surface area contributed by atoms with E-state index in [0.717, 1.165) is 6.07 Å². The molecule has 2 aromatic rings. The van der Waals surface area contributed by atoms with Gasteiger partial charge in [0, 0.05) is 0 Å². The predicted molar refractivity (Wildman–Crippen MR) is 56.4 cm³/mol. The highest BCUT2D eigenvalue weighted by Gasteiger charge is 2.33. The van der Waals surface area contributed by atoms with Gasteiger partial charge in [0.25, 0.3) is 0 Å². The van der Waals surface area contributed by atoms with E-state index in [0.29, 0.717) is 9.04 Å². The molecule has 1 aromatic carbocycles. The molecule has 0 fully saturated rings. The zero-order valence-electron chi connectivity index (χ0n) is 7.63. The van der Waals surface area contributed by atoms with Crippen molar-refractivity contribution in [3.63, 3.8) is 0 Å². The molecule has 0 saturated heterocycles. The van der Waals surface area contributed by atoms with Crippen LogP contribution in [-0.2, 0) is 6.18 Å². The molecule has 1 heterocycles. The number of benzene rings is 1. The third-order valence-electron chi connectivity index (χ3n) is 1.88. The van der Waals surface area contributed by atoms with Gasteiger partial charge in [0.15, 0.2) is 4.34 Å². The number of alkyl halides is 3. The lowest BCUT2D eigenvalue weighted by molar-refractivity contribution is -0.136. The highest BCUT2D eigenvalue weighted by atomic mass is 32.2. The Morgan fingerprint density at radius 2 is 2.07 bits per heavy atom. The standard InChI is InChI=1S/C9H6F3NS2/c1-14-8-13-7-5(9(10,11)12)3-2-4-6(7)15-8/h2-4H,1H3. The van der Waals surface area contributed by atoms with Crippen LogP contribution < -0.4 is 0 Å². The van der Waals surface area contributed by atoms with Crippen molar-refractivity contribution < 1.29 is 13.2 Å². The van der Waals surface area contributed by atoms with Crippen molar-refractivity contribution in [2.45, 2.75) is 10.5 Å². The molecule has 1 nitrogen and oxygen atoms in total. The fourth-order valence-corrected chi connectivity index (χ4v) is 2.75. The number of fused-ring (bicyclic) bond motifs is 1. The van der Waals surface area contributed by atoms with Crippen LogP contribution in [0.4, 0.5) is 13.2 Å². The average molecular weight is 249 g/mol. The Morgan fingerprint density at radius 1 is 1.33 bits per heavy atom. The number of hydrogen-bond acceptors (Lipinski definition) is 3. The summed E-state index contributed by atoms with van der Waals surface area (Å²) in [6.07, 6.45) is -2.53. The van der Waals surface area contributed by atoms with E-state index in [1.807, 2.05) is 0 Å². The first kappa shape index (κ1) is 10.8. The molecule has 0 aliphatic carbocycles. The molecule has 0 aliphatic rings. The molecule has 0 aliphatic heterocycles. The maximum atomic E-state index is 12.6. The van der Waals surface area contributed by atoms with Gasteiger partial charge >= 0.3 is 6.18 Å². The molecule has 80 valence electrons. The van der Waals surface area contributed by atoms with Gasteiger partial charge in [-0.2, -0.15) is 13.2 Å². The predicted octanol–water partition coefficient (Wildman–Crippen LogP) is 4.04. The van der Waals surface area contributed by atoms with Crippen molar-refractivity contribution in [2.75, 3.05) is 6.26 Å². The van der Waals surface area contributed by atoms with Crippen molar-refractivity contribution in [2.24, 2.45) is 0 Å². The largest absolute Gasteiger partial charge is 0.418 e. The van der Waals surface area contributed by atoms with Crippen molar-refractivity contribution in [1.29, 1.82) is 0 Å². The van der Waals surface area contributed by atoms with Crippen LogP contribution in [0.1, 0.15) is 5.56 Å².